The van der Waals surface area contributed by atoms with Crippen molar-refractivity contribution in [2.75, 3.05) is 0 Å². The maximum absolute atomic E-state index is 13.5. The Bertz CT molecular complexity index is 502. The van der Waals surface area contributed by atoms with Gasteiger partial charge in [-0.05, 0) is 31.0 Å². The molecule has 0 aliphatic rings. The summed E-state index contributed by atoms with van der Waals surface area (Å²) >= 11 is 0. The second-order valence-electron chi connectivity index (χ2n) is 4.23. The van der Waals surface area contributed by atoms with Gasteiger partial charge in [0, 0.05) is 6.04 Å². The summed E-state index contributed by atoms with van der Waals surface area (Å²) in [6.45, 7) is 3.35. The highest BCUT2D eigenvalue weighted by molar-refractivity contribution is 7.89. The van der Waals surface area contributed by atoms with E-state index in [9.17, 15) is 12.8 Å². The van der Waals surface area contributed by atoms with E-state index in [4.69, 9.17) is 5.11 Å². The summed E-state index contributed by atoms with van der Waals surface area (Å²) in [5, 5.41) is 8.95. The molecule has 2 N–H and O–H groups in total. The van der Waals surface area contributed by atoms with Crippen LogP contribution in [0.25, 0.3) is 0 Å². The molecule has 102 valence electrons. The lowest BCUT2D eigenvalue weighted by atomic mass is 10.2. The van der Waals surface area contributed by atoms with Crippen LogP contribution in [-0.2, 0) is 16.6 Å². The number of sulfonamides is 1. The van der Waals surface area contributed by atoms with Crippen molar-refractivity contribution in [2.45, 2.75) is 44.2 Å². The molecule has 1 unspecified atom stereocenters. The van der Waals surface area contributed by atoms with Crippen molar-refractivity contribution in [2.24, 2.45) is 0 Å². The molecule has 0 amide bonds. The number of halogens is 1. The van der Waals surface area contributed by atoms with Crippen LogP contribution in [0.3, 0.4) is 0 Å². The van der Waals surface area contributed by atoms with Crippen LogP contribution in [0.2, 0.25) is 0 Å². The van der Waals surface area contributed by atoms with Gasteiger partial charge in [-0.1, -0.05) is 19.4 Å². The molecule has 0 bridgehead atoms. The van der Waals surface area contributed by atoms with Gasteiger partial charge < -0.3 is 5.11 Å². The Hall–Kier alpha value is -0.980. The normalized spacial score (nSPS) is 13.6. The first-order valence-corrected chi connectivity index (χ1v) is 7.30. The molecule has 0 aliphatic carbocycles. The SMILES string of the molecule is CCCC(C)NS(=O)(=O)c1cc(CO)ccc1F. The number of rotatable bonds is 6. The molecule has 1 rings (SSSR count). The number of nitrogens with one attached hydrogen (secondary N) is 1. The molecule has 0 aromatic heterocycles. The molecular formula is C12H18FNO3S. The van der Waals surface area contributed by atoms with Gasteiger partial charge in [0.1, 0.15) is 10.7 Å². The highest BCUT2D eigenvalue weighted by Gasteiger charge is 2.21. The molecule has 4 nitrogen and oxygen atoms in total. The van der Waals surface area contributed by atoms with E-state index in [1.807, 2.05) is 6.92 Å². The van der Waals surface area contributed by atoms with E-state index in [2.05, 4.69) is 4.72 Å². The van der Waals surface area contributed by atoms with E-state index < -0.39 is 20.7 Å². The van der Waals surface area contributed by atoms with Crippen LogP contribution >= 0.6 is 0 Å². The Morgan fingerprint density at radius 3 is 2.67 bits per heavy atom. The Kier molecular flexibility index (Phi) is 5.25. The number of aliphatic hydroxyl groups is 1. The first-order chi connectivity index (χ1) is 8.40. The van der Waals surface area contributed by atoms with E-state index in [-0.39, 0.29) is 12.6 Å². The van der Waals surface area contributed by atoms with Gasteiger partial charge in [0.25, 0.3) is 0 Å². The quantitative estimate of drug-likeness (QED) is 0.831. The van der Waals surface area contributed by atoms with E-state index >= 15 is 0 Å². The summed E-state index contributed by atoms with van der Waals surface area (Å²) in [5.41, 5.74) is 0.361. The second-order valence-corrected chi connectivity index (χ2v) is 5.92. The summed E-state index contributed by atoms with van der Waals surface area (Å²) < 4.78 is 39.9. The van der Waals surface area contributed by atoms with Gasteiger partial charge in [-0.3, -0.25) is 0 Å². The first kappa shape index (κ1) is 15.1. The first-order valence-electron chi connectivity index (χ1n) is 5.82. The molecule has 1 aromatic rings. The van der Waals surface area contributed by atoms with Crippen molar-refractivity contribution < 1.29 is 17.9 Å². The third-order valence-corrected chi connectivity index (χ3v) is 4.15. The third kappa shape index (κ3) is 3.76. The molecule has 18 heavy (non-hydrogen) atoms. The van der Waals surface area contributed by atoms with Gasteiger partial charge in [-0.2, -0.15) is 0 Å². The lowest BCUT2D eigenvalue weighted by molar-refractivity contribution is 0.281. The van der Waals surface area contributed by atoms with E-state index in [0.717, 1.165) is 18.6 Å². The predicted octanol–water partition coefficient (Wildman–Crippen LogP) is 1.78. The molecule has 0 saturated heterocycles. The van der Waals surface area contributed by atoms with Crippen LogP contribution < -0.4 is 4.72 Å². The number of hydrogen-bond acceptors (Lipinski definition) is 3. The Balaban J connectivity index is 3.04. The predicted molar refractivity (Wildman–Crippen MR) is 67.0 cm³/mol. The zero-order valence-electron chi connectivity index (χ0n) is 10.5. The minimum Gasteiger partial charge on any atom is -0.392 e. The number of hydrogen-bond donors (Lipinski definition) is 2. The summed E-state index contributed by atoms with van der Waals surface area (Å²) in [7, 11) is -3.88. The van der Waals surface area contributed by atoms with Gasteiger partial charge in [0.15, 0.2) is 0 Å². The van der Waals surface area contributed by atoms with Gasteiger partial charge >= 0.3 is 0 Å². The number of aliphatic hydroxyl groups excluding tert-OH is 1. The van der Waals surface area contributed by atoms with E-state index in [1.54, 1.807) is 6.92 Å². The summed E-state index contributed by atoms with van der Waals surface area (Å²) in [6, 6.07) is 3.29. The molecule has 6 heteroatoms. The van der Waals surface area contributed by atoms with E-state index in [0.29, 0.717) is 12.0 Å². The van der Waals surface area contributed by atoms with Crippen molar-refractivity contribution in [3.05, 3.63) is 29.6 Å². The van der Waals surface area contributed by atoms with Gasteiger partial charge in [0.05, 0.1) is 6.61 Å². The summed E-state index contributed by atoms with van der Waals surface area (Å²) in [6.07, 6.45) is 1.52. The van der Waals surface area contributed by atoms with Crippen molar-refractivity contribution in [1.82, 2.24) is 4.72 Å². The Morgan fingerprint density at radius 1 is 1.44 bits per heavy atom. The van der Waals surface area contributed by atoms with Gasteiger partial charge in [0.2, 0.25) is 10.0 Å². The molecule has 0 saturated carbocycles. The van der Waals surface area contributed by atoms with Crippen LogP contribution in [0.5, 0.6) is 0 Å². The fraction of sp³-hybridized carbons (Fsp3) is 0.500. The minimum absolute atomic E-state index is 0.253. The Morgan fingerprint density at radius 2 is 2.11 bits per heavy atom. The third-order valence-electron chi connectivity index (χ3n) is 2.55. The lowest BCUT2D eigenvalue weighted by Gasteiger charge is -2.14. The highest BCUT2D eigenvalue weighted by atomic mass is 32.2. The molecule has 0 aliphatic heterocycles. The van der Waals surface area contributed by atoms with Crippen LogP contribution in [0, 0.1) is 5.82 Å². The molecular weight excluding hydrogens is 257 g/mol. The molecule has 0 radical (unpaired) electrons. The van der Waals surface area contributed by atoms with Crippen LogP contribution in [0.1, 0.15) is 32.3 Å². The van der Waals surface area contributed by atoms with Crippen LogP contribution in [0.4, 0.5) is 4.39 Å². The minimum atomic E-state index is -3.88. The maximum atomic E-state index is 13.5. The molecule has 1 aromatic carbocycles. The average Bonchev–Trinajstić information content (AvgIpc) is 2.29. The zero-order valence-corrected chi connectivity index (χ0v) is 11.3. The molecule has 0 fully saturated rings. The fourth-order valence-electron chi connectivity index (χ4n) is 1.67. The van der Waals surface area contributed by atoms with Crippen molar-refractivity contribution in [3.8, 4) is 0 Å². The summed E-state index contributed by atoms with van der Waals surface area (Å²) in [4.78, 5) is -0.419. The average molecular weight is 275 g/mol. The van der Waals surface area contributed by atoms with Crippen molar-refractivity contribution in [3.63, 3.8) is 0 Å². The maximum Gasteiger partial charge on any atom is 0.243 e. The number of benzene rings is 1. The highest BCUT2D eigenvalue weighted by Crippen LogP contribution is 2.17. The van der Waals surface area contributed by atoms with Crippen molar-refractivity contribution >= 4 is 10.0 Å². The topological polar surface area (TPSA) is 66.4 Å². The van der Waals surface area contributed by atoms with Gasteiger partial charge in [-0.15, -0.1) is 0 Å². The molecule has 0 heterocycles. The zero-order chi connectivity index (χ0) is 13.8. The standard InChI is InChI=1S/C12H18FNO3S/c1-3-4-9(2)14-18(16,17)12-7-10(8-15)5-6-11(12)13/h5-7,9,14-15H,3-4,8H2,1-2H3. The molecule has 1 atom stereocenters. The van der Waals surface area contributed by atoms with Crippen molar-refractivity contribution in [1.29, 1.82) is 0 Å². The second kappa shape index (κ2) is 6.26. The molecule has 0 spiro atoms. The fourth-order valence-corrected chi connectivity index (χ4v) is 3.08. The van der Waals surface area contributed by atoms with Crippen LogP contribution in [-0.4, -0.2) is 19.6 Å². The summed E-state index contributed by atoms with van der Waals surface area (Å²) in [5.74, 6) is -0.816. The largest absolute Gasteiger partial charge is 0.392 e. The smallest absolute Gasteiger partial charge is 0.243 e. The Labute approximate surface area is 107 Å². The van der Waals surface area contributed by atoms with Gasteiger partial charge in [-0.25, -0.2) is 17.5 Å². The monoisotopic (exact) mass is 275 g/mol. The lowest BCUT2D eigenvalue weighted by Crippen LogP contribution is -2.33. The van der Waals surface area contributed by atoms with E-state index in [1.165, 1.54) is 6.07 Å². The van der Waals surface area contributed by atoms with Crippen LogP contribution in [0.15, 0.2) is 23.1 Å².